The van der Waals surface area contributed by atoms with E-state index in [1.165, 1.54) is 19.1 Å². The lowest BCUT2D eigenvalue weighted by Crippen LogP contribution is -2.59. The lowest BCUT2D eigenvalue weighted by molar-refractivity contribution is -0.143. The molecule has 0 bridgehead atoms. The van der Waals surface area contributed by atoms with Crippen molar-refractivity contribution < 1.29 is 37.7 Å². The van der Waals surface area contributed by atoms with Gasteiger partial charge in [0.2, 0.25) is 17.7 Å². The Balaban J connectivity index is 1.39. The number of aliphatic hydroxyl groups excluding tert-OH is 1. The van der Waals surface area contributed by atoms with Crippen molar-refractivity contribution in [2.24, 2.45) is 5.92 Å². The summed E-state index contributed by atoms with van der Waals surface area (Å²) in [4.78, 5) is 42.5. The summed E-state index contributed by atoms with van der Waals surface area (Å²) in [5.74, 6) is -0.995. The largest absolute Gasteiger partial charge is 0.497 e. The average molecular weight is 707 g/mol. The molecule has 3 amide bonds. The van der Waals surface area contributed by atoms with E-state index < -0.39 is 41.3 Å². The lowest BCUT2D eigenvalue weighted by atomic mass is 9.90. The van der Waals surface area contributed by atoms with Crippen LogP contribution in [0.1, 0.15) is 55.7 Å². The second-order valence-corrected chi connectivity index (χ2v) is 13.7. The second kappa shape index (κ2) is 17.1. The summed E-state index contributed by atoms with van der Waals surface area (Å²) < 4.78 is 39.2. The van der Waals surface area contributed by atoms with Gasteiger partial charge in [0.1, 0.15) is 34.7 Å². The summed E-state index contributed by atoms with van der Waals surface area (Å²) in [6.07, 6.45) is 2.28. The maximum atomic E-state index is 14.4. The molecule has 1 unspecified atom stereocenters. The Labute approximate surface area is 297 Å². The molecule has 1 saturated heterocycles. The lowest BCUT2D eigenvalue weighted by Gasteiger charge is -2.33. The van der Waals surface area contributed by atoms with Gasteiger partial charge in [-0.05, 0) is 91.1 Å². The fraction of sp³-hybridized carbons (Fsp3) is 0.462. The maximum absolute atomic E-state index is 14.4. The third-order valence-corrected chi connectivity index (χ3v) is 9.71. The van der Waals surface area contributed by atoms with Crippen LogP contribution in [0.15, 0.2) is 66.7 Å². The molecule has 12 heteroatoms. The van der Waals surface area contributed by atoms with Crippen molar-refractivity contribution in [3.8, 4) is 11.5 Å². The minimum atomic E-state index is -1.17. The topological polar surface area (TPSA) is 129 Å². The van der Waals surface area contributed by atoms with E-state index in [-0.39, 0.29) is 43.3 Å². The van der Waals surface area contributed by atoms with E-state index in [9.17, 15) is 28.3 Å². The van der Waals surface area contributed by atoms with Crippen LogP contribution < -0.4 is 25.4 Å². The van der Waals surface area contributed by atoms with Crippen LogP contribution >= 0.6 is 0 Å². The van der Waals surface area contributed by atoms with Gasteiger partial charge in [-0.3, -0.25) is 14.4 Å². The van der Waals surface area contributed by atoms with Crippen LogP contribution in [-0.4, -0.2) is 78.8 Å². The van der Waals surface area contributed by atoms with Crippen molar-refractivity contribution >= 4 is 17.7 Å². The van der Waals surface area contributed by atoms with Gasteiger partial charge >= 0.3 is 0 Å². The number of carbonyl (C=O) groups is 3. The van der Waals surface area contributed by atoms with Crippen molar-refractivity contribution in [3.05, 3.63) is 95.1 Å². The number of aliphatic hydroxyl groups is 1. The SMILES string of the molecule is COc1cccc(CC[C@H](C(=O)N[C@@H](Cc2cc(F)cc(F)c2)C(O)CNCc2cccc(OC)c2)N2CC[C@](CC3CC3)(NC(C)=O)C2=O)c1. The smallest absolute Gasteiger partial charge is 0.249 e. The number of hydrogen-bond donors (Lipinski definition) is 4. The summed E-state index contributed by atoms with van der Waals surface area (Å²) in [5.41, 5.74) is 0.972. The highest BCUT2D eigenvalue weighted by Gasteiger charge is 2.52. The van der Waals surface area contributed by atoms with Crippen molar-refractivity contribution in [2.75, 3.05) is 27.3 Å². The highest BCUT2D eigenvalue weighted by molar-refractivity contribution is 5.96. The number of carbonyl (C=O) groups excluding carboxylic acids is 3. The second-order valence-electron chi connectivity index (χ2n) is 13.7. The van der Waals surface area contributed by atoms with Crippen LogP contribution in [-0.2, 0) is 33.8 Å². The van der Waals surface area contributed by atoms with E-state index in [0.717, 1.165) is 30.0 Å². The van der Waals surface area contributed by atoms with Crippen molar-refractivity contribution in [3.63, 3.8) is 0 Å². The number of halogens is 2. The van der Waals surface area contributed by atoms with Gasteiger partial charge < -0.3 is 35.4 Å². The van der Waals surface area contributed by atoms with Crippen LogP contribution in [0, 0.1) is 17.6 Å². The Bertz CT molecular complexity index is 1670. The first kappa shape index (κ1) is 37.7. The van der Waals surface area contributed by atoms with Gasteiger partial charge in [-0.2, -0.15) is 0 Å². The van der Waals surface area contributed by atoms with Gasteiger partial charge in [-0.1, -0.05) is 37.1 Å². The van der Waals surface area contributed by atoms with E-state index in [0.29, 0.717) is 43.2 Å². The van der Waals surface area contributed by atoms with Gasteiger partial charge in [0, 0.05) is 32.6 Å². The molecule has 2 aliphatic rings. The number of likely N-dealkylation sites (tertiary alicyclic amines) is 1. The molecule has 274 valence electrons. The molecular formula is C39H48F2N4O6. The Morgan fingerprint density at radius 3 is 2.24 bits per heavy atom. The molecule has 1 aliphatic heterocycles. The quantitative estimate of drug-likeness (QED) is 0.157. The van der Waals surface area contributed by atoms with Gasteiger partial charge in [0.15, 0.2) is 0 Å². The third-order valence-electron chi connectivity index (χ3n) is 9.71. The fourth-order valence-corrected chi connectivity index (χ4v) is 6.99. The zero-order chi connectivity index (χ0) is 36.5. The minimum Gasteiger partial charge on any atom is -0.497 e. The fourth-order valence-electron chi connectivity index (χ4n) is 6.99. The Hall–Kier alpha value is -4.55. The normalized spacial score (nSPS) is 18.9. The molecule has 1 heterocycles. The number of benzene rings is 3. The highest BCUT2D eigenvalue weighted by atomic mass is 19.1. The van der Waals surface area contributed by atoms with Crippen molar-refractivity contribution in [2.45, 2.75) is 82.1 Å². The molecule has 1 saturated carbocycles. The third kappa shape index (κ3) is 10.3. The molecule has 51 heavy (non-hydrogen) atoms. The molecule has 1 aliphatic carbocycles. The van der Waals surface area contributed by atoms with Crippen LogP contribution in [0.4, 0.5) is 8.78 Å². The monoisotopic (exact) mass is 706 g/mol. The van der Waals surface area contributed by atoms with E-state index in [1.807, 2.05) is 48.5 Å². The molecule has 0 radical (unpaired) electrons. The number of nitrogens with one attached hydrogen (secondary N) is 3. The first-order valence-corrected chi connectivity index (χ1v) is 17.5. The molecule has 3 aromatic carbocycles. The zero-order valence-corrected chi connectivity index (χ0v) is 29.4. The standard InChI is InChI=1S/C39H48F2N4O6/c1-25(46)44-39(22-27-10-11-27)14-15-45(38(39)49)35(13-12-26-6-4-8-32(18-26)50-2)37(48)43-34(20-29-16-30(40)21-31(41)17-29)36(47)24-42-23-28-7-5-9-33(19-28)51-3/h4-9,16-19,21,27,34-36,42,47H,10-15,20,22-24H2,1-3H3,(H,43,48)(H,44,46)/t34-,35+,36?,39+/m0/s1. The summed E-state index contributed by atoms with van der Waals surface area (Å²) >= 11 is 0. The van der Waals surface area contributed by atoms with Gasteiger partial charge in [-0.15, -0.1) is 0 Å². The molecule has 4 N–H and O–H groups in total. The van der Waals surface area contributed by atoms with Crippen LogP contribution in [0.5, 0.6) is 11.5 Å². The number of aryl methyl sites for hydroxylation is 1. The molecule has 2 fully saturated rings. The minimum absolute atomic E-state index is 0.0457. The molecule has 0 aromatic heterocycles. The number of amides is 3. The predicted octanol–water partition coefficient (Wildman–Crippen LogP) is 4.07. The van der Waals surface area contributed by atoms with E-state index in [2.05, 4.69) is 16.0 Å². The summed E-state index contributed by atoms with van der Waals surface area (Å²) in [6.45, 7) is 2.08. The van der Waals surface area contributed by atoms with Gasteiger partial charge in [-0.25, -0.2) is 8.78 Å². The summed E-state index contributed by atoms with van der Waals surface area (Å²) in [5, 5.41) is 20.5. The number of ether oxygens (including phenoxy) is 2. The number of methoxy groups -OCH3 is 2. The van der Waals surface area contributed by atoms with Gasteiger partial charge in [0.25, 0.3) is 0 Å². The molecular weight excluding hydrogens is 658 g/mol. The van der Waals surface area contributed by atoms with Crippen molar-refractivity contribution in [1.82, 2.24) is 20.9 Å². The van der Waals surface area contributed by atoms with E-state index in [1.54, 1.807) is 19.1 Å². The van der Waals surface area contributed by atoms with Gasteiger partial charge in [0.05, 0.1) is 26.4 Å². The average Bonchev–Trinajstić information content (AvgIpc) is 3.86. The Morgan fingerprint density at radius 1 is 0.961 bits per heavy atom. The molecule has 10 nitrogen and oxygen atoms in total. The summed E-state index contributed by atoms with van der Waals surface area (Å²) in [7, 11) is 3.15. The first-order valence-electron chi connectivity index (χ1n) is 17.5. The van der Waals surface area contributed by atoms with Crippen LogP contribution in [0.25, 0.3) is 0 Å². The van der Waals surface area contributed by atoms with Crippen LogP contribution in [0.2, 0.25) is 0 Å². The molecule has 3 aromatic rings. The number of nitrogens with zero attached hydrogens (tertiary/aromatic N) is 1. The van der Waals surface area contributed by atoms with Crippen molar-refractivity contribution in [1.29, 1.82) is 0 Å². The van der Waals surface area contributed by atoms with Crippen LogP contribution in [0.3, 0.4) is 0 Å². The molecule has 4 atom stereocenters. The molecule has 5 rings (SSSR count). The Kier molecular flexibility index (Phi) is 12.6. The van der Waals surface area contributed by atoms with E-state index >= 15 is 0 Å². The number of hydrogen-bond acceptors (Lipinski definition) is 7. The predicted molar refractivity (Wildman–Crippen MR) is 188 cm³/mol. The maximum Gasteiger partial charge on any atom is 0.249 e. The van der Waals surface area contributed by atoms with E-state index in [4.69, 9.17) is 9.47 Å². The number of rotatable bonds is 18. The highest BCUT2D eigenvalue weighted by Crippen LogP contribution is 2.41. The zero-order valence-electron chi connectivity index (χ0n) is 29.4. The Morgan fingerprint density at radius 2 is 1.61 bits per heavy atom. The first-order chi connectivity index (χ1) is 24.5. The molecule has 0 spiro atoms. The summed E-state index contributed by atoms with van der Waals surface area (Å²) in [6, 6.07) is 16.1.